The van der Waals surface area contributed by atoms with Crippen LogP contribution in [0.4, 0.5) is 11.4 Å². The summed E-state index contributed by atoms with van der Waals surface area (Å²) in [5.74, 6) is 0.730. The van der Waals surface area contributed by atoms with Gasteiger partial charge in [0.15, 0.2) is 0 Å². The molecular weight excluding hydrogens is 342 g/mol. The van der Waals surface area contributed by atoms with E-state index >= 15 is 0 Å². The van der Waals surface area contributed by atoms with Crippen LogP contribution in [0.5, 0.6) is 5.75 Å². The predicted molar refractivity (Wildman–Crippen MR) is 106 cm³/mol. The molecule has 0 saturated heterocycles. The molecule has 6 nitrogen and oxygen atoms in total. The lowest BCUT2D eigenvalue weighted by molar-refractivity contribution is -0.384. The molecule has 0 unspecified atom stereocenters. The molecule has 3 rings (SSSR count). The molecule has 3 aromatic carbocycles. The highest BCUT2D eigenvalue weighted by Gasteiger charge is 2.04. The van der Waals surface area contributed by atoms with Crippen molar-refractivity contribution in [2.45, 2.75) is 13.5 Å². The first-order valence-electron chi connectivity index (χ1n) is 8.43. The number of nitro groups is 1. The highest BCUT2D eigenvalue weighted by Crippen LogP contribution is 2.19. The molecule has 0 spiro atoms. The van der Waals surface area contributed by atoms with Crippen LogP contribution in [0.1, 0.15) is 16.7 Å². The zero-order valence-corrected chi connectivity index (χ0v) is 14.8. The Bertz CT molecular complexity index is 953. The van der Waals surface area contributed by atoms with E-state index in [1.807, 2.05) is 49.4 Å². The summed E-state index contributed by atoms with van der Waals surface area (Å²) in [6, 6.07) is 21.9. The van der Waals surface area contributed by atoms with E-state index in [1.54, 1.807) is 18.3 Å². The normalized spacial score (nSPS) is 10.7. The van der Waals surface area contributed by atoms with E-state index in [1.165, 1.54) is 17.7 Å². The number of ether oxygens (including phenoxy) is 1. The van der Waals surface area contributed by atoms with Crippen LogP contribution in [-0.4, -0.2) is 11.1 Å². The summed E-state index contributed by atoms with van der Waals surface area (Å²) in [7, 11) is 0. The number of anilines is 1. The summed E-state index contributed by atoms with van der Waals surface area (Å²) < 4.78 is 5.93. The molecule has 0 aliphatic rings. The average molecular weight is 361 g/mol. The Balaban J connectivity index is 1.64. The molecule has 3 aromatic rings. The van der Waals surface area contributed by atoms with E-state index in [9.17, 15) is 10.1 Å². The molecule has 0 saturated carbocycles. The number of rotatable bonds is 7. The molecule has 0 aliphatic carbocycles. The SMILES string of the molecule is Cc1cccc(COc2ccccc2/C=N/Nc2ccc([N+](=O)[O-])cc2)c1. The van der Waals surface area contributed by atoms with Gasteiger partial charge in [0.25, 0.3) is 5.69 Å². The van der Waals surface area contributed by atoms with Crippen LogP contribution < -0.4 is 10.2 Å². The molecule has 0 radical (unpaired) electrons. The second-order valence-electron chi connectivity index (χ2n) is 5.99. The fourth-order valence-corrected chi connectivity index (χ4v) is 2.52. The molecule has 27 heavy (non-hydrogen) atoms. The zero-order chi connectivity index (χ0) is 19.1. The van der Waals surface area contributed by atoms with Crippen molar-refractivity contribution in [3.05, 3.63) is 99.6 Å². The Kier molecular flexibility index (Phi) is 5.79. The van der Waals surface area contributed by atoms with Gasteiger partial charge in [0.2, 0.25) is 0 Å². The van der Waals surface area contributed by atoms with Gasteiger partial charge in [-0.25, -0.2) is 0 Å². The van der Waals surface area contributed by atoms with Crippen molar-refractivity contribution in [1.29, 1.82) is 0 Å². The van der Waals surface area contributed by atoms with Gasteiger partial charge in [-0.15, -0.1) is 0 Å². The summed E-state index contributed by atoms with van der Waals surface area (Å²) in [4.78, 5) is 10.2. The van der Waals surface area contributed by atoms with Gasteiger partial charge in [-0.2, -0.15) is 5.10 Å². The van der Waals surface area contributed by atoms with Crippen molar-refractivity contribution in [3.63, 3.8) is 0 Å². The lowest BCUT2D eigenvalue weighted by atomic mass is 10.1. The summed E-state index contributed by atoms with van der Waals surface area (Å²) in [6.07, 6.45) is 1.66. The number of hydrogen-bond acceptors (Lipinski definition) is 5. The maximum Gasteiger partial charge on any atom is 0.269 e. The Morgan fingerprint density at radius 1 is 1.07 bits per heavy atom. The maximum absolute atomic E-state index is 10.7. The Morgan fingerprint density at radius 3 is 2.59 bits per heavy atom. The quantitative estimate of drug-likeness (QED) is 0.368. The fraction of sp³-hybridized carbons (Fsp3) is 0.0952. The van der Waals surface area contributed by atoms with E-state index in [4.69, 9.17) is 4.74 Å². The lowest BCUT2D eigenvalue weighted by Gasteiger charge is -2.09. The van der Waals surface area contributed by atoms with Gasteiger partial charge in [0, 0.05) is 17.7 Å². The second kappa shape index (κ2) is 8.62. The third-order valence-electron chi connectivity index (χ3n) is 3.87. The van der Waals surface area contributed by atoms with Crippen LogP contribution in [0.15, 0.2) is 77.9 Å². The third-order valence-corrected chi connectivity index (χ3v) is 3.87. The zero-order valence-electron chi connectivity index (χ0n) is 14.8. The molecule has 136 valence electrons. The number of aryl methyl sites for hydroxylation is 1. The Morgan fingerprint density at radius 2 is 1.85 bits per heavy atom. The summed E-state index contributed by atoms with van der Waals surface area (Å²) >= 11 is 0. The van der Waals surface area contributed by atoms with Crippen molar-refractivity contribution in [1.82, 2.24) is 0 Å². The Hall–Kier alpha value is -3.67. The standard InChI is InChI=1S/C21H19N3O3/c1-16-5-4-6-17(13-16)15-27-21-8-3-2-7-18(21)14-22-23-19-9-11-20(12-10-19)24(25)26/h2-14,23H,15H2,1H3/b22-14+. The van der Waals surface area contributed by atoms with E-state index in [2.05, 4.69) is 16.6 Å². The minimum Gasteiger partial charge on any atom is -0.488 e. The van der Waals surface area contributed by atoms with Gasteiger partial charge in [0.05, 0.1) is 16.8 Å². The van der Waals surface area contributed by atoms with Gasteiger partial charge in [-0.1, -0.05) is 42.0 Å². The molecule has 1 N–H and O–H groups in total. The maximum atomic E-state index is 10.7. The number of para-hydroxylation sites is 1. The van der Waals surface area contributed by atoms with Crippen molar-refractivity contribution in [2.24, 2.45) is 5.10 Å². The number of benzene rings is 3. The molecule has 0 amide bonds. The third kappa shape index (κ3) is 5.15. The predicted octanol–water partition coefficient (Wildman–Crippen LogP) is 4.93. The van der Waals surface area contributed by atoms with Gasteiger partial charge < -0.3 is 4.74 Å². The van der Waals surface area contributed by atoms with Crippen LogP contribution in [0.3, 0.4) is 0 Å². The first-order chi connectivity index (χ1) is 13.1. The van der Waals surface area contributed by atoms with Gasteiger partial charge in [0.1, 0.15) is 12.4 Å². The van der Waals surface area contributed by atoms with Gasteiger partial charge in [-0.05, 0) is 36.8 Å². The summed E-state index contributed by atoms with van der Waals surface area (Å²) in [5.41, 5.74) is 6.69. The van der Waals surface area contributed by atoms with Crippen molar-refractivity contribution in [2.75, 3.05) is 5.43 Å². The van der Waals surface area contributed by atoms with Crippen LogP contribution in [0.2, 0.25) is 0 Å². The highest BCUT2D eigenvalue weighted by molar-refractivity contribution is 5.84. The first-order valence-corrected chi connectivity index (χ1v) is 8.43. The minimum atomic E-state index is -0.436. The van der Waals surface area contributed by atoms with Gasteiger partial charge >= 0.3 is 0 Å². The van der Waals surface area contributed by atoms with Crippen molar-refractivity contribution >= 4 is 17.6 Å². The topological polar surface area (TPSA) is 76.8 Å². The second-order valence-corrected chi connectivity index (χ2v) is 5.99. The number of nitrogens with zero attached hydrogens (tertiary/aromatic N) is 2. The largest absolute Gasteiger partial charge is 0.488 e. The van der Waals surface area contributed by atoms with Crippen LogP contribution in [0, 0.1) is 17.0 Å². The van der Waals surface area contributed by atoms with Crippen molar-refractivity contribution in [3.8, 4) is 5.75 Å². The minimum absolute atomic E-state index is 0.0411. The molecule has 6 heteroatoms. The van der Waals surface area contributed by atoms with Crippen LogP contribution in [-0.2, 0) is 6.61 Å². The smallest absolute Gasteiger partial charge is 0.269 e. The van der Waals surface area contributed by atoms with Crippen LogP contribution in [0.25, 0.3) is 0 Å². The van der Waals surface area contributed by atoms with Crippen molar-refractivity contribution < 1.29 is 9.66 Å². The fourth-order valence-electron chi connectivity index (χ4n) is 2.52. The highest BCUT2D eigenvalue weighted by atomic mass is 16.6. The molecular formula is C21H19N3O3. The average Bonchev–Trinajstić information content (AvgIpc) is 2.68. The number of non-ortho nitro benzene ring substituents is 1. The van der Waals surface area contributed by atoms with E-state index in [0.29, 0.717) is 12.3 Å². The molecule has 0 aliphatic heterocycles. The Labute approximate surface area is 157 Å². The number of hydrazone groups is 1. The summed E-state index contributed by atoms with van der Waals surface area (Å²) in [5, 5.41) is 14.9. The van der Waals surface area contributed by atoms with E-state index in [-0.39, 0.29) is 5.69 Å². The summed E-state index contributed by atoms with van der Waals surface area (Å²) in [6.45, 7) is 2.52. The lowest BCUT2D eigenvalue weighted by Crippen LogP contribution is -1.99. The number of nitro benzene ring substituents is 1. The molecule has 0 fully saturated rings. The van der Waals surface area contributed by atoms with E-state index in [0.717, 1.165) is 16.9 Å². The van der Waals surface area contributed by atoms with E-state index < -0.39 is 4.92 Å². The van der Waals surface area contributed by atoms with Crippen LogP contribution >= 0.6 is 0 Å². The monoisotopic (exact) mass is 361 g/mol. The number of hydrogen-bond donors (Lipinski definition) is 1. The number of nitrogens with one attached hydrogen (secondary N) is 1. The van der Waals surface area contributed by atoms with Gasteiger partial charge in [-0.3, -0.25) is 15.5 Å². The molecule has 0 atom stereocenters. The molecule has 0 aromatic heterocycles. The first kappa shape index (κ1) is 18.1. The molecule has 0 heterocycles. The molecule has 0 bridgehead atoms.